The lowest BCUT2D eigenvalue weighted by molar-refractivity contribution is 0.0951. The summed E-state index contributed by atoms with van der Waals surface area (Å²) in [6, 6.07) is 5.24. The molecule has 4 nitrogen and oxygen atoms in total. The van der Waals surface area contributed by atoms with E-state index < -0.39 is 0 Å². The Balaban J connectivity index is 1.56. The Bertz CT molecular complexity index is 862. The predicted molar refractivity (Wildman–Crippen MR) is 153 cm³/mol. The van der Waals surface area contributed by atoms with Crippen LogP contribution in [-0.2, 0) is 6.42 Å². The van der Waals surface area contributed by atoms with Crippen LogP contribution in [0.15, 0.2) is 22.7 Å². The zero-order valence-electron chi connectivity index (χ0n) is 22.5. The van der Waals surface area contributed by atoms with Gasteiger partial charge in [0.25, 0.3) is 5.91 Å². The third kappa shape index (κ3) is 10.8. The van der Waals surface area contributed by atoms with Crippen molar-refractivity contribution in [2.75, 3.05) is 6.54 Å². The molecule has 202 valence electrons. The quantitative estimate of drug-likeness (QED) is 0.171. The van der Waals surface area contributed by atoms with E-state index in [1.807, 2.05) is 6.92 Å². The highest BCUT2D eigenvalue weighted by Gasteiger charge is 2.25. The third-order valence-corrected chi connectivity index (χ3v) is 7.46. The smallest absolute Gasteiger partial charge is 0.257 e. The highest BCUT2D eigenvalue weighted by atomic mass is 35.5. The van der Waals surface area contributed by atoms with Crippen LogP contribution in [0.5, 0.6) is 0 Å². The van der Waals surface area contributed by atoms with Gasteiger partial charge < -0.3 is 9.84 Å². The van der Waals surface area contributed by atoms with Crippen LogP contribution in [-0.4, -0.2) is 17.6 Å². The molecule has 0 aliphatic carbocycles. The first-order valence-electron chi connectivity index (χ1n) is 14.3. The zero-order valence-corrected chi connectivity index (χ0v) is 24.0. The van der Waals surface area contributed by atoms with Crippen LogP contribution in [0.1, 0.15) is 133 Å². The minimum Gasteiger partial charge on any atom is -0.360 e. The second-order valence-corrected chi connectivity index (χ2v) is 10.7. The maximum atomic E-state index is 13.0. The molecule has 1 N–H and O–H groups in total. The lowest BCUT2D eigenvalue weighted by atomic mass is 10.0. The predicted octanol–water partition coefficient (Wildman–Crippen LogP) is 10.2. The van der Waals surface area contributed by atoms with Gasteiger partial charge in [0.2, 0.25) is 0 Å². The standard InChI is InChI=1S/C30H46Cl2N2O2/c1-3-5-6-7-8-9-10-11-12-13-14-15-16-17-18-19-23-33-30(35)28-26(4-2)36-34-29(28)27-24(31)21-20-22-25(27)32/h20-22H,3-19,23H2,1-2H3,(H,33,35). The number of benzene rings is 1. The van der Waals surface area contributed by atoms with Crippen LogP contribution in [0.25, 0.3) is 11.3 Å². The fourth-order valence-electron chi connectivity index (χ4n) is 4.66. The average Bonchev–Trinajstić information content (AvgIpc) is 3.29. The van der Waals surface area contributed by atoms with Gasteiger partial charge in [0, 0.05) is 18.5 Å². The zero-order chi connectivity index (χ0) is 26.0. The molecule has 1 aromatic carbocycles. The summed E-state index contributed by atoms with van der Waals surface area (Å²) in [5.74, 6) is 0.366. The monoisotopic (exact) mass is 536 g/mol. The van der Waals surface area contributed by atoms with Gasteiger partial charge in [-0.3, -0.25) is 4.79 Å². The Morgan fingerprint density at radius 3 is 1.72 bits per heavy atom. The molecular formula is C30H46Cl2N2O2. The van der Waals surface area contributed by atoms with Crippen molar-refractivity contribution in [3.8, 4) is 11.3 Å². The molecule has 2 aromatic rings. The van der Waals surface area contributed by atoms with Gasteiger partial charge in [0.15, 0.2) is 0 Å². The summed E-state index contributed by atoms with van der Waals surface area (Å²) in [6.45, 7) is 4.85. The van der Waals surface area contributed by atoms with Gasteiger partial charge in [-0.05, 0) is 18.6 Å². The first-order valence-corrected chi connectivity index (χ1v) is 15.1. The van der Waals surface area contributed by atoms with Gasteiger partial charge in [-0.15, -0.1) is 0 Å². The number of aromatic nitrogens is 1. The average molecular weight is 538 g/mol. The molecule has 0 aliphatic heterocycles. The van der Waals surface area contributed by atoms with Crippen molar-refractivity contribution in [1.29, 1.82) is 0 Å². The maximum absolute atomic E-state index is 13.0. The highest BCUT2D eigenvalue weighted by Crippen LogP contribution is 2.37. The molecule has 0 saturated carbocycles. The first kappa shape index (κ1) is 30.7. The molecule has 1 amide bonds. The number of rotatable bonds is 20. The molecule has 0 unspecified atom stereocenters. The summed E-state index contributed by atoms with van der Waals surface area (Å²) in [5, 5.41) is 8.05. The SMILES string of the molecule is CCCCCCCCCCCCCCCCCCNC(=O)c1c(-c2c(Cl)cccc2Cl)noc1CC. The van der Waals surface area contributed by atoms with Gasteiger partial charge in [-0.1, -0.05) is 145 Å². The number of aryl methyl sites for hydroxylation is 1. The minimum atomic E-state index is -0.181. The Kier molecular flexibility index (Phi) is 15.9. The number of amides is 1. The Labute approximate surface area is 228 Å². The molecule has 0 radical (unpaired) electrons. The molecule has 0 bridgehead atoms. The van der Waals surface area contributed by atoms with Crippen molar-refractivity contribution in [1.82, 2.24) is 10.5 Å². The van der Waals surface area contributed by atoms with Crippen LogP contribution in [0.2, 0.25) is 10.0 Å². The molecule has 0 aliphatic rings. The summed E-state index contributed by atoms with van der Waals surface area (Å²) in [5.41, 5.74) is 1.38. The molecule has 36 heavy (non-hydrogen) atoms. The largest absolute Gasteiger partial charge is 0.360 e. The van der Waals surface area contributed by atoms with E-state index in [1.54, 1.807) is 18.2 Å². The fourth-order valence-corrected chi connectivity index (χ4v) is 5.23. The summed E-state index contributed by atoms with van der Waals surface area (Å²) in [6.07, 6.45) is 21.9. The third-order valence-electron chi connectivity index (χ3n) is 6.83. The van der Waals surface area contributed by atoms with Gasteiger partial charge in [0.1, 0.15) is 17.0 Å². The van der Waals surface area contributed by atoms with E-state index in [0.717, 1.165) is 12.8 Å². The minimum absolute atomic E-state index is 0.181. The van der Waals surface area contributed by atoms with Crippen LogP contribution >= 0.6 is 23.2 Å². The molecule has 0 fully saturated rings. The molecule has 1 heterocycles. The Hall–Kier alpha value is -1.52. The summed E-state index contributed by atoms with van der Waals surface area (Å²) in [7, 11) is 0. The fraction of sp³-hybridized carbons (Fsp3) is 0.667. The number of nitrogens with zero attached hydrogens (tertiary/aromatic N) is 1. The normalized spacial score (nSPS) is 11.2. The summed E-state index contributed by atoms with van der Waals surface area (Å²) >= 11 is 12.7. The van der Waals surface area contributed by atoms with Crippen LogP contribution in [0.4, 0.5) is 0 Å². The summed E-state index contributed by atoms with van der Waals surface area (Å²) in [4.78, 5) is 13.0. The van der Waals surface area contributed by atoms with Crippen molar-refractivity contribution in [2.45, 2.75) is 123 Å². The van der Waals surface area contributed by atoms with Crippen LogP contribution < -0.4 is 5.32 Å². The number of carbonyl (C=O) groups is 1. The van der Waals surface area contributed by atoms with E-state index >= 15 is 0 Å². The van der Waals surface area contributed by atoms with Crippen LogP contribution in [0, 0.1) is 0 Å². The Morgan fingerprint density at radius 2 is 1.25 bits per heavy atom. The molecule has 6 heteroatoms. The second kappa shape index (κ2) is 18.7. The summed E-state index contributed by atoms with van der Waals surface area (Å²) < 4.78 is 5.44. The van der Waals surface area contributed by atoms with Crippen molar-refractivity contribution in [3.05, 3.63) is 39.6 Å². The van der Waals surface area contributed by atoms with E-state index in [9.17, 15) is 4.79 Å². The molecule has 0 saturated heterocycles. The highest BCUT2D eigenvalue weighted by molar-refractivity contribution is 6.39. The number of hydrogen-bond donors (Lipinski definition) is 1. The van der Waals surface area contributed by atoms with Crippen molar-refractivity contribution >= 4 is 29.1 Å². The topological polar surface area (TPSA) is 55.1 Å². The van der Waals surface area contributed by atoms with Gasteiger partial charge in [-0.2, -0.15) is 0 Å². The van der Waals surface area contributed by atoms with E-state index in [2.05, 4.69) is 17.4 Å². The van der Waals surface area contributed by atoms with Crippen molar-refractivity contribution < 1.29 is 9.32 Å². The Morgan fingerprint density at radius 1 is 0.778 bits per heavy atom. The molecular weight excluding hydrogens is 491 g/mol. The molecule has 0 spiro atoms. The number of carbonyl (C=O) groups excluding carboxylic acids is 1. The van der Waals surface area contributed by atoms with E-state index in [1.165, 1.54) is 89.9 Å². The second-order valence-electron chi connectivity index (χ2n) is 9.84. The van der Waals surface area contributed by atoms with Crippen LogP contribution in [0.3, 0.4) is 0 Å². The number of nitrogens with one attached hydrogen (secondary N) is 1. The van der Waals surface area contributed by atoms with Crippen molar-refractivity contribution in [3.63, 3.8) is 0 Å². The number of unbranched alkanes of at least 4 members (excludes halogenated alkanes) is 15. The van der Waals surface area contributed by atoms with E-state index in [4.69, 9.17) is 27.7 Å². The maximum Gasteiger partial charge on any atom is 0.257 e. The first-order chi connectivity index (χ1) is 17.6. The number of hydrogen-bond acceptors (Lipinski definition) is 3. The number of halogens is 2. The lowest BCUT2D eigenvalue weighted by Gasteiger charge is -2.08. The molecule has 0 atom stereocenters. The van der Waals surface area contributed by atoms with Gasteiger partial charge >= 0.3 is 0 Å². The van der Waals surface area contributed by atoms with Crippen molar-refractivity contribution in [2.24, 2.45) is 0 Å². The van der Waals surface area contributed by atoms with E-state index in [0.29, 0.717) is 45.6 Å². The van der Waals surface area contributed by atoms with Gasteiger partial charge in [-0.25, -0.2) is 0 Å². The lowest BCUT2D eigenvalue weighted by Crippen LogP contribution is -2.25. The van der Waals surface area contributed by atoms with E-state index in [-0.39, 0.29) is 5.91 Å². The van der Waals surface area contributed by atoms with Gasteiger partial charge in [0.05, 0.1) is 10.0 Å². The molecule has 2 rings (SSSR count). The molecule has 1 aromatic heterocycles.